The molecule has 0 bridgehead atoms. The SMILES string of the molecule is CC(C)n1c(SCc2cccnc2)nnc1[C@H]1CCCN(CC(=O)N2CCCC2)C1. The van der Waals surface area contributed by atoms with Gasteiger partial charge in [0.1, 0.15) is 5.82 Å². The van der Waals surface area contributed by atoms with Gasteiger partial charge in [-0.25, -0.2) is 0 Å². The first-order valence-electron chi connectivity index (χ1n) is 11.1. The lowest BCUT2D eigenvalue weighted by atomic mass is 9.97. The summed E-state index contributed by atoms with van der Waals surface area (Å²) in [6.45, 7) is 8.66. The summed E-state index contributed by atoms with van der Waals surface area (Å²) in [5.74, 6) is 2.51. The smallest absolute Gasteiger partial charge is 0.236 e. The number of carbonyl (C=O) groups excluding carboxylic acids is 1. The highest BCUT2D eigenvalue weighted by atomic mass is 32.2. The molecule has 2 saturated heterocycles. The van der Waals surface area contributed by atoms with Gasteiger partial charge in [0.15, 0.2) is 5.16 Å². The molecule has 1 atom stereocenters. The molecule has 162 valence electrons. The van der Waals surface area contributed by atoms with Crippen molar-refractivity contribution in [3.8, 4) is 0 Å². The fraction of sp³-hybridized carbons (Fsp3) is 0.636. The van der Waals surface area contributed by atoms with Crippen LogP contribution in [0.5, 0.6) is 0 Å². The second-order valence-corrected chi connectivity index (χ2v) is 9.56. The number of carbonyl (C=O) groups is 1. The van der Waals surface area contributed by atoms with Gasteiger partial charge in [-0.2, -0.15) is 0 Å². The van der Waals surface area contributed by atoms with Crippen molar-refractivity contribution in [2.45, 2.75) is 62.4 Å². The van der Waals surface area contributed by atoms with Gasteiger partial charge in [0, 0.05) is 49.7 Å². The molecule has 2 aliphatic rings. The molecule has 2 aromatic rings. The van der Waals surface area contributed by atoms with Crippen molar-refractivity contribution in [1.29, 1.82) is 0 Å². The molecule has 2 aliphatic heterocycles. The summed E-state index contributed by atoms with van der Waals surface area (Å²) >= 11 is 1.72. The lowest BCUT2D eigenvalue weighted by Crippen LogP contribution is -2.43. The van der Waals surface area contributed by atoms with Gasteiger partial charge < -0.3 is 9.47 Å². The van der Waals surface area contributed by atoms with E-state index in [4.69, 9.17) is 0 Å². The molecular formula is C22H32N6OS. The van der Waals surface area contributed by atoms with Crippen LogP contribution in [-0.2, 0) is 10.5 Å². The van der Waals surface area contributed by atoms with Crippen LogP contribution in [0.2, 0.25) is 0 Å². The zero-order chi connectivity index (χ0) is 20.9. The van der Waals surface area contributed by atoms with Gasteiger partial charge in [-0.3, -0.25) is 14.7 Å². The first-order valence-corrected chi connectivity index (χ1v) is 12.1. The third-order valence-electron chi connectivity index (χ3n) is 5.99. The topological polar surface area (TPSA) is 67.2 Å². The van der Waals surface area contributed by atoms with E-state index in [0.29, 0.717) is 18.5 Å². The normalized spacial score (nSPS) is 20.2. The molecule has 0 spiro atoms. The number of likely N-dealkylation sites (tertiary alicyclic amines) is 2. The molecule has 0 unspecified atom stereocenters. The Hall–Kier alpha value is -1.93. The lowest BCUT2D eigenvalue weighted by Gasteiger charge is -2.33. The van der Waals surface area contributed by atoms with Crippen molar-refractivity contribution in [3.63, 3.8) is 0 Å². The summed E-state index contributed by atoms with van der Waals surface area (Å²) in [5, 5.41) is 10.1. The van der Waals surface area contributed by atoms with Crippen LogP contribution in [0.15, 0.2) is 29.7 Å². The minimum Gasteiger partial charge on any atom is -0.342 e. The first kappa shape index (κ1) is 21.3. The predicted octanol–water partition coefficient (Wildman–Crippen LogP) is 3.35. The number of pyridine rings is 1. The summed E-state index contributed by atoms with van der Waals surface area (Å²) in [6.07, 6.45) is 8.19. The van der Waals surface area contributed by atoms with Gasteiger partial charge in [-0.15, -0.1) is 10.2 Å². The summed E-state index contributed by atoms with van der Waals surface area (Å²) in [7, 11) is 0. The van der Waals surface area contributed by atoms with Crippen molar-refractivity contribution in [1.82, 2.24) is 29.5 Å². The Labute approximate surface area is 183 Å². The molecule has 30 heavy (non-hydrogen) atoms. The van der Waals surface area contributed by atoms with Crippen molar-refractivity contribution in [2.24, 2.45) is 0 Å². The van der Waals surface area contributed by atoms with Crippen LogP contribution >= 0.6 is 11.8 Å². The van der Waals surface area contributed by atoms with Crippen LogP contribution in [0.3, 0.4) is 0 Å². The van der Waals surface area contributed by atoms with Gasteiger partial charge in [-0.1, -0.05) is 17.8 Å². The third-order valence-corrected chi connectivity index (χ3v) is 7.00. The number of hydrogen-bond donors (Lipinski definition) is 0. The Balaban J connectivity index is 1.43. The van der Waals surface area contributed by atoms with Gasteiger partial charge in [0.05, 0.1) is 6.54 Å². The van der Waals surface area contributed by atoms with Crippen LogP contribution in [-0.4, -0.2) is 68.2 Å². The zero-order valence-corrected chi connectivity index (χ0v) is 18.9. The largest absolute Gasteiger partial charge is 0.342 e. The monoisotopic (exact) mass is 428 g/mol. The van der Waals surface area contributed by atoms with Crippen LogP contribution < -0.4 is 0 Å². The third kappa shape index (κ3) is 5.03. The predicted molar refractivity (Wildman–Crippen MR) is 118 cm³/mol. The van der Waals surface area contributed by atoms with E-state index in [-0.39, 0.29) is 5.91 Å². The van der Waals surface area contributed by atoms with Gasteiger partial charge in [-0.05, 0) is 57.7 Å². The molecule has 0 aromatic carbocycles. The average Bonchev–Trinajstić information content (AvgIpc) is 3.43. The molecule has 4 rings (SSSR count). The van der Waals surface area contributed by atoms with E-state index in [1.807, 2.05) is 17.2 Å². The van der Waals surface area contributed by atoms with E-state index in [1.165, 1.54) is 5.56 Å². The van der Waals surface area contributed by atoms with Gasteiger partial charge in [0.2, 0.25) is 5.91 Å². The Kier molecular flexibility index (Phi) is 7.04. The van der Waals surface area contributed by atoms with E-state index in [2.05, 4.69) is 44.6 Å². The molecule has 2 aromatic heterocycles. The molecule has 7 nitrogen and oxygen atoms in total. The van der Waals surface area contributed by atoms with Crippen molar-refractivity contribution in [3.05, 3.63) is 35.9 Å². The molecule has 0 radical (unpaired) electrons. The minimum atomic E-state index is 0.284. The van der Waals surface area contributed by atoms with Crippen LogP contribution in [0.1, 0.15) is 62.9 Å². The number of aromatic nitrogens is 4. The number of amides is 1. The maximum Gasteiger partial charge on any atom is 0.236 e. The highest BCUT2D eigenvalue weighted by Gasteiger charge is 2.30. The van der Waals surface area contributed by atoms with E-state index < -0.39 is 0 Å². The minimum absolute atomic E-state index is 0.284. The molecule has 1 amide bonds. The van der Waals surface area contributed by atoms with E-state index >= 15 is 0 Å². The number of thioether (sulfide) groups is 1. The van der Waals surface area contributed by atoms with Gasteiger partial charge >= 0.3 is 0 Å². The molecule has 2 fully saturated rings. The Morgan fingerprint density at radius 3 is 2.77 bits per heavy atom. The molecule has 4 heterocycles. The maximum absolute atomic E-state index is 12.6. The van der Waals surface area contributed by atoms with Crippen LogP contribution in [0.25, 0.3) is 0 Å². The quantitative estimate of drug-likeness (QED) is 0.630. The standard InChI is InChI=1S/C22H32N6OS/c1-17(2)28-21(24-25-22(28)30-16-18-7-5-9-23-13-18)19-8-6-10-26(14-19)15-20(29)27-11-3-4-12-27/h5,7,9,13,17,19H,3-4,6,8,10-12,14-16H2,1-2H3/t19-/m0/s1. The fourth-order valence-corrected chi connectivity index (χ4v) is 5.46. The summed E-state index contributed by atoms with van der Waals surface area (Å²) in [6, 6.07) is 4.36. The Bertz CT molecular complexity index is 833. The second kappa shape index (κ2) is 9.92. The molecule has 0 saturated carbocycles. The number of rotatable bonds is 7. The molecular weight excluding hydrogens is 396 g/mol. The first-order chi connectivity index (χ1) is 14.6. The average molecular weight is 429 g/mol. The summed E-state index contributed by atoms with van der Waals surface area (Å²) < 4.78 is 2.29. The lowest BCUT2D eigenvalue weighted by molar-refractivity contribution is -0.131. The molecule has 0 N–H and O–H groups in total. The van der Waals surface area contributed by atoms with Crippen LogP contribution in [0, 0.1) is 0 Å². The fourth-order valence-electron chi connectivity index (χ4n) is 4.45. The van der Waals surface area contributed by atoms with Crippen LogP contribution in [0.4, 0.5) is 0 Å². The summed E-state index contributed by atoms with van der Waals surface area (Å²) in [4.78, 5) is 21.1. The van der Waals surface area contributed by atoms with Crippen molar-refractivity contribution < 1.29 is 4.79 Å². The van der Waals surface area contributed by atoms with Crippen molar-refractivity contribution >= 4 is 17.7 Å². The Morgan fingerprint density at radius 2 is 2.03 bits per heavy atom. The zero-order valence-electron chi connectivity index (χ0n) is 18.0. The maximum atomic E-state index is 12.6. The van der Waals surface area contributed by atoms with Crippen molar-refractivity contribution in [2.75, 3.05) is 32.7 Å². The van der Waals surface area contributed by atoms with E-state index in [9.17, 15) is 4.79 Å². The van der Waals surface area contributed by atoms with E-state index in [0.717, 1.165) is 68.6 Å². The highest BCUT2D eigenvalue weighted by molar-refractivity contribution is 7.98. The number of nitrogens with zero attached hydrogens (tertiary/aromatic N) is 6. The summed E-state index contributed by atoms with van der Waals surface area (Å²) in [5.41, 5.74) is 1.19. The number of hydrogen-bond acceptors (Lipinski definition) is 6. The van der Waals surface area contributed by atoms with E-state index in [1.54, 1.807) is 18.0 Å². The highest BCUT2D eigenvalue weighted by Crippen LogP contribution is 2.32. The number of piperidine rings is 1. The molecule has 0 aliphatic carbocycles. The Morgan fingerprint density at radius 1 is 1.20 bits per heavy atom. The molecule has 8 heteroatoms. The van der Waals surface area contributed by atoms with Gasteiger partial charge in [0.25, 0.3) is 0 Å². The second-order valence-electron chi connectivity index (χ2n) is 8.62.